The van der Waals surface area contributed by atoms with E-state index in [4.69, 9.17) is 5.73 Å². The Kier molecular flexibility index (Phi) is 3.07. The Bertz CT molecular complexity index is 392. The largest absolute Gasteiger partial charge is 0.334 e. The third kappa shape index (κ3) is 2.06. The molecule has 0 bridgehead atoms. The Morgan fingerprint density at radius 1 is 1.47 bits per heavy atom. The van der Waals surface area contributed by atoms with E-state index in [1.807, 2.05) is 23.1 Å². The number of nitrogens with two attached hydrogens (primary N) is 1. The smallest absolute Gasteiger partial charge is 0.254 e. The molecule has 0 fully saturated rings. The lowest BCUT2D eigenvalue weighted by molar-refractivity contribution is 0.0777. The van der Waals surface area contributed by atoms with E-state index in [1.54, 1.807) is 0 Å². The Balaban J connectivity index is 2.18. The van der Waals surface area contributed by atoms with Crippen molar-refractivity contribution >= 4 is 21.8 Å². The molecule has 4 heteroatoms. The second-order valence-electron chi connectivity index (χ2n) is 3.67. The highest BCUT2D eigenvalue weighted by molar-refractivity contribution is 9.10. The van der Waals surface area contributed by atoms with Crippen LogP contribution in [0.15, 0.2) is 22.7 Å². The van der Waals surface area contributed by atoms with Crippen LogP contribution in [0.1, 0.15) is 22.3 Å². The maximum absolute atomic E-state index is 11.9. The highest BCUT2D eigenvalue weighted by atomic mass is 79.9. The molecule has 0 atom stereocenters. The summed E-state index contributed by atoms with van der Waals surface area (Å²) >= 11 is 3.37. The summed E-state index contributed by atoms with van der Waals surface area (Å²) in [6.07, 6.45) is 0.862. The molecule has 1 aromatic carbocycles. The first kappa shape index (κ1) is 10.6. The molecule has 1 amide bonds. The second-order valence-corrected chi connectivity index (χ2v) is 4.59. The lowest BCUT2D eigenvalue weighted by atomic mass is 10.1. The molecule has 2 N–H and O–H groups in total. The van der Waals surface area contributed by atoms with Gasteiger partial charge in [0.05, 0.1) is 0 Å². The van der Waals surface area contributed by atoms with E-state index in [1.165, 1.54) is 0 Å². The summed E-state index contributed by atoms with van der Waals surface area (Å²) in [6, 6.07) is 5.86. The van der Waals surface area contributed by atoms with Crippen LogP contribution in [0.3, 0.4) is 0 Å². The second kappa shape index (κ2) is 4.33. The predicted octanol–water partition coefficient (Wildman–Crippen LogP) is 1.75. The highest BCUT2D eigenvalue weighted by Crippen LogP contribution is 2.25. The van der Waals surface area contributed by atoms with Gasteiger partial charge in [0, 0.05) is 23.1 Å². The number of hydrogen-bond donors (Lipinski definition) is 1. The van der Waals surface area contributed by atoms with Crippen LogP contribution >= 0.6 is 15.9 Å². The molecule has 0 aliphatic carbocycles. The first-order valence-corrected chi connectivity index (χ1v) is 5.79. The third-order valence-electron chi connectivity index (χ3n) is 2.58. The molecule has 1 aliphatic heterocycles. The average molecular weight is 269 g/mol. The number of rotatable bonds is 3. The van der Waals surface area contributed by atoms with Crippen molar-refractivity contribution in [3.8, 4) is 0 Å². The van der Waals surface area contributed by atoms with Gasteiger partial charge in [-0.15, -0.1) is 0 Å². The zero-order chi connectivity index (χ0) is 10.8. The van der Waals surface area contributed by atoms with Crippen molar-refractivity contribution in [2.24, 2.45) is 5.73 Å². The number of carbonyl (C=O) groups is 1. The topological polar surface area (TPSA) is 46.3 Å². The fourth-order valence-corrected chi connectivity index (χ4v) is 2.16. The predicted molar refractivity (Wildman–Crippen MR) is 62.6 cm³/mol. The van der Waals surface area contributed by atoms with Gasteiger partial charge in [-0.2, -0.15) is 0 Å². The number of benzene rings is 1. The van der Waals surface area contributed by atoms with Crippen LogP contribution in [0.2, 0.25) is 0 Å². The summed E-state index contributed by atoms with van der Waals surface area (Å²) in [5, 5.41) is 0. The maximum atomic E-state index is 11.9. The number of hydrogen-bond acceptors (Lipinski definition) is 2. The highest BCUT2D eigenvalue weighted by Gasteiger charge is 2.26. The quantitative estimate of drug-likeness (QED) is 0.908. The van der Waals surface area contributed by atoms with Gasteiger partial charge in [-0.3, -0.25) is 4.79 Å². The standard InChI is InChI=1S/C11H13BrN2O/c12-9-3-2-8-7-14(5-1-4-13)11(15)10(8)6-9/h2-3,6H,1,4-5,7,13H2. The fourth-order valence-electron chi connectivity index (χ4n) is 1.80. The van der Waals surface area contributed by atoms with Gasteiger partial charge in [0.15, 0.2) is 0 Å². The lowest BCUT2D eigenvalue weighted by Crippen LogP contribution is -2.26. The van der Waals surface area contributed by atoms with E-state index in [9.17, 15) is 4.79 Å². The van der Waals surface area contributed by atoms with E-state index in [0.29, 0.717) is 6.54 Å². The molecule has 0 radical (unpaired) electrons. The van der Waals surface area contributed by atoms with Gasteiger partial charge in [-0.1, -0.05) is 22.0 Å². The molecule has 3 nitrogen and oxygen atoms in total. The Morgan fingerprint density at radius 3 is 3.00 bits per heavy atom. The van der Waals surface area contributed by atoms with Crippen LogP contribution in [-0.4, -0.2) is 23.9 Å². The first-order valence-electron chi connectivity index (χ1n) is 5.00. The SMILES string of the molecule is NCCCN1Cc2ccc(Br)cc2C1=O. The minimum atomic E-state index is 0.125. The molecule has 0 saturated carbocycles. The number of carbonyl (C=O) groups excluding carboxylic acids is 1. The monoisotopic (exact) mass is 268 g/mol. The number of fused-ring (bicyclic) bond motifs is 1. The summed E-state index contributed by atoms with van der Waals surface area (Å²) in [6.45, 7) is 2.10. The molecule has 0 saturated heterocycles. The molecule has 1 aromatic rings. The first-order chi connectivity index (χ1) is 7.22. The van der Waals surface area contributed by atoms with Crippen molar-refractivity contribution in [2.75, 3.05) is 13.1 Å². The minimum Gasteiger partial charge on any atom is -0.334 e. The van der Waals surface area contributed by atoms with Gasteiger partial charge in [0.2, 0.25) is 0 Å². The average Bonchev–Trinajstić information content (AvgIpc) is 2.53. The summed E-state index contributed by atoms with van der Waals surface area (Å²) < 4.78 is 0.954. The molecule has 0 aromatic heterocycles. The van der Waals surface area contributed by atoms with E-state index >= 15 is 0 Å². The maximum Gasteiger partial charge on any atom is 0.254 e. The Hall–Kier alpha value is -0.870. The molecule has 1 heterocycles. The van der Waals surface area contributed by atoms with Crippen LogP contribution in [0.25, 0.3) is 0 Å². The number of nitrogens with zero attached hydrogens (tertiary/aromatic N) is 1. The van der Waals surface area contributed by atoms with Crippen molar-refractivity contribution in [1.29, 1.82) is 0 Å². The van der Waals surface area contributed by atoms with Crippen LogP contribution < -0.4 is 5.73 Å². The Labute approximate surface area is 97.4 Å². The molecule has 80 valence electrons. The zero-order valence-electron chi connectivity index (χ0n) is 8.37. The van der Waals surface area contributed by atoms with Crippen molar-refractivity contribution < 1.29 is 4.79 Å². The van der Waals surface area contributed by atoms with Gasteiger partial charge in [-0.05, 0) is 30.7 Å². The van der Waals surface area contributed by atoms with Gasteiger partial charge in [-0.25, -0.2) is 0 Å². The zero-order valence-corrected chi connectivity index (χ0v) is 9.96. The molecule has 2 rings (SSSR count). The fraction of sp³-hybridized carbons (Fsp3) is 0.364. The molecule has 1 aliphatic rings. The summed E-state index contributed by atoms with van der Waals surface area (Å²) in [5.74, 6) is 0.125. The van der Waals surface area contributed by atoms with Crippen LogP contribution in [-0.2, 0) is 6.54 Å². The van der Waals surface area contributed by atoms with Crippen molar-refractivity contribution in [2.45, 2.75) is 13.0 Å². The summed E-state index contributed by atoms with van der Waals surface area (Å²) in [7, 11) is 0. The van der Waals surface area contributed by atoms with E-state index in [0.717, 1.165) is 35.1 Å². The van der Waals surface area contributed by atoms with Crippen LogP contribution in [0.4, 0.5) is 0 Å². The molecular formula is C11H13BrN2O. The third-order valence-corrected chi connectivity index (χ3v) is 3.08. The normalized spacial score (nSPS) is 14.5. The van der Waals surface area contributed by atoms with Crippen molar-refractivity contribution in [3.05, 3.63) is 33.8 Å². The molecule has 15 heavy (non-hydrogen) atoms. The number of amides is 1. The van der Waals surface area contributed by atoms with E-state index in [-0.39, 0.29) is 5.91 Å². The van der Waals surface area contributed by atoms with Crippen molar-refractivity contribution in [3.63, 3.8) is 0 Å². The Morgan fingerprint density at radius 2 is 2.27 bits per heavy atom. The molecular weight excluding hydrogens is 256 g/mol. The summed E-state index contributed by atoms with van der Waals surface area (Å²) in [5.41, 5.74) is 7.37. The number of halogens is 1. The van der Waals surface area contributed by atoms with Gasteiger partial charge >= 0.3 is 0 Å². The molecule has 0 spiro atoms. The van der Waals surface area contributed by atoms with Crippen LogP contribution in [0, 0.1) is 0 Å². The van der Waals surface area contributed by atoms with E-state index < -0.39 is 0 Å². The van der Waals surface area contributed by atoms with Gasteiger partial charge < -0.3 is 10.6 Å². The lowest BCUT2D eigenvalue weighted by Gasteiger charge is -2.14. The van der Waals surface area contributed by atoms with E-state index in [2.05, 4.69) is 15.9 Å². The van der Waals surface area contributed by atoms with Gasteiger partial charge in [0.25, 0.3) is 5.91 Å². The molecule has 0 unspecified atom stereocenters. The van der Waals surface area contributed by atoms with Crippen LogP contribution in [0.5, 0.6) is 0 Å². The summed E-state index contributed by atoms with van der Waals surface area (Å²) in [4.78, 5) is 13.8. The minimum absolute atomic E-state index is 0.125. The van der Waals surface area contributed by atoms with Crippen molar-refractivity contribution in [1.82, 2.24) is 4.90 Å². The van der Waals surface area contributed by atoms with Gasteiger partial charge in [0.1, 0.15) is 0 Å².